The molecule has 0 aliphatic heterocycles. The SMILES string of the molecule is COC(=O)CC(NC[C@@H](O)[C@H](Cc1cc(F)cc(F)c1)NC(C)=O)c1cccc(-c2ccccc2C(C)=O)c1. The molecule has 0 fully saturated rings. The predicted molar refractivity (Wildman–Crippen MR) is 143 cm³/mol. The molecule has 9 heteroatoms. The maximum Gasteiger partial charge on any atom is 0.307 e. The number of ether oxygens (including phenoxy) is 1. The van der Waals surface area contributed by atoms with Gasteiger partial charge >= 0.3 is 5.97 Å². The van der Waals surface area contributed by atoms with E-state index in [1.54, 1.807) is 12.1 Å². The van der Waals surface area contributed by atoms with Gasteiger partial charge in [-0.05, 0) is 53.8 Å². The van der Waals surface area contributed by atoms with E-state index in [0.29, 0.717) is 11.1 Å². The maximum absolute atomic E-state index is 13.7. The van der Waals surface area contributed by atoms with Crippen molar-refractivity contribution in [1.29, 1.82) is 0 Å². The lowest BCUT2D eigenvalue weighted by Gasteiger charge is -2.27. The topological polar surface area (TPSA) is 105 Å². The van der Waals surface area contributed by atoms with E-state index in [1.807, 2.05) is 36.4 Å². The minimum absolute atomic E-state index is 0.0178. The van der Waals surface area contributed by atoms with Gasteiger partial charge in [-0.1, -0.05) is 42.5 Å². The predicted octanol–water partition coefficient (Wildman–Crippen LogP) is 4.14. The van der Waals surface area contributed by atoms with Crippen molar-refractivity contribution >= 4 is 17.7 Å². The summed E-state index contributed by atoms with van der Waals surface area (Å²) < 4.78 is 32.3. The molecule has 3 N–H and O–H groups in total. The normalized spacial score (nSPS) is 13.3. The minimum Gasteiger partial charge on any atom is -0.469 e. The molecule has 0 aliphatic rings. The highest BCUT2D eigenvalue weighted by atomic mass is 19.1. The highest BCUT2D eigenvalue weighted by Gasteiger charge is 2.24. The molecule has 0 spiro atoms. The van der Waals surface area contributed by atoms with Crippen LogP contribution in [0.25, 0.3) is 11.1 Å². The van der Waals surface area contributed by atoms with Gasteiger partial charge in [0, 0.05) is 31.1 Å². The number of hydrogen-bond donors (Lipinski definition) is 3. The number of benzene rings is 3. The van der Waals surface area contributed by atoms with E-state index in [1.165, 1.54) is 21.0 Å². The Kier molecular flexibility index (Phi) is 10.4. The number of aliphatic hydroxyl groups excluding tert-OH is 1. The number of carbonyl (C=O) groups excluding carboxylic acids is 3. The van der Waals surface area contributed by atoms with E-state index in [2.05, 4.69) is 10.6 Å². The van der Waals surface area contributed by atoms with Crippen molar-refractivity contribution in [2.45, 2.75) is 44.9 Å². The number of ketones is 1. The Morgan fingerprint density at radius 1 is 0.949 bits per heavy atom. The summed E-state index contributed by atoms with van der Waals surface area (Å²) in [6.45, 7) is 2.72. The minimum atomic E-state index is -1.16. The van der Waals surface area contributed by atoms with Crippen LogP contribution >= 0.6 is 0 Å². The number of rotatable bonds is 12. The molecule has 0 saturated carbocycles. The number of methoxy groups -OCH3 is 1. The van der Waals surface area contributed by atoms with Crippen molar-refractivity contribution in [1.82, 2.24) is 10.6 Å². The smallest absolute Gasteiger partial charge is 0.307 e. The number of halogens is 2. The number of nitrogens with one attached hydrogen (secondary N) is 2. The fourth-order valence-corrected chi connectivity index (χ4v) is 4.46. The van der Waals surface area contributed by atoms with Crippen LogP contribution in [0, 0.1) is 11.6 Å². The zero-order chi connectivity index (χ0) is 28.5. The molecule has 206 valence electrons. The first kappa shape index (κ1) is 29.6. The van der Waals surface area contributed by atoms with Gasteiger partial charge in [0.2, 0.25) is 5.91 Å². The number of hydrogen-bond acceptors (Lipinski definition) is 6. The molecule has 3 atom stereocenters. The lowest BCUT2D eigenvalue weighted by molar-refractivity contribution is -0.141. The van der Waals surface area contributed by atoms with Crippen LogP contribution in [0.15, 0.2) is 66.7 Å². The van der Waals surface area contributed by atoms with Crippen LogP contribution in [0.5, 0.6) is 0 Å². The lowest BCUT2D eigenvalue weighted by atomic mass is 9.93. The van der Waals surface area contributed by atoms with Crippen molar-refractivity contribution in [2.75, 3.05) is 13.7 Å². The first-order valence-electron chi connectivity index (χ1n) is 12.5. The molecule has 0 saturated heterocycles. The van der Waals surface area contributed by atoms with Crippen LogP contribution in [0.3, 0.4) is 0 Å². The van der Waals surface area contributed by atoms with Crippen molar-refractivity contribution in [3.63, 3.8) is 0 Å². The third-order valence-electron chi connectivity index (χ3n) is 6.31. The quantitative estimate of drug-likeness (QED) is 0.237. The molecule has 39 heavy (non-hydrogen) atoms. The highest BCUT2D eigenvalue weighted by Crippen LogP contribution is 2.28. The average Bonchev–Trinajstić information content (AvgIpc) is 2.89. The molecule has 1 amide bonds. The Bertz CT molecular complexity index is 1310. The van der Waals surface area contributed by atoms with Crippen molar-refractivity contribution in [3.05, 3.63) is 95.1 Å². The van der Waals surface area contributed by atoms with Gasteiger partial charge in [0.1, 0.15) is 11.6 Å². The zero-order valence-corrected chi connectivity index (χ0v) is 22.0. The molecule has 0 aliphatic carbocycles. The number of Topliss-reactive ketones (excluding diaryl/α,β-unsaturated/α-hetero) is 1. The Labute approximate surface area is 226 Å². The fourth-order valence-electron chi connectivity index (χ4n) is 4.46. The molecule has 3 rings (SSSR count). The van der Waals surface area contributed by atoms with Crippen molar-refractivity contribution in [2.24, 2.45) is 0 Å². The largest absolute Gasteiger partial charge is 0.469 e. The molecular weight excluding hydrogens is 506 g/mol. The summed E-state index contributed by atoms with van der Waals surface area (Å²) in [5.41, 5.74) is 3.07. The molecular formula is C30H32F2N2O5. The number of carbonyl (C=O) groups is 3. The summed E-state index contributed by atoms with van der Waals surface area (Å²) in [4.78, 5) is 36.2. The lowest BCUT2D eigenvalue weighted by Crippen LogP contribution is -2.48. The first-order chi connectivity index (χ1) is 18.6. The fraction of sp³-hybridized carbons (Fsp3) is 0.300. The second-order valence-electron chi connectivity index (χ2n) is 9.32. The van der Waals surface area contributed by atoms with Crippen LogP contribution < -0.4 is 10.6 Å². The van der Waals surface area contributed by atoms with Gasteiger partial charge in [-0.3, -0.25) is 14.4 Å². The van der Waals surface area contributed by atoms with E-state index in [-0.39, 0.29) is 30.7 Å². The van der Waals surface area contributed by atoms with Crippen LogP contribution in [0.1, 0.15) is 47.8 Å². The van der Waals surface area contributed by atoms with E-state index in [9.17, 15) is 28.3 Å². The van der Waals surface area contributed by atoms with Gasteiger partial charge in [0.15, 0.2) is 5.78 Å². The summed E-state index contributed by atoms with van der Waals surface area (Å²) in [5.74, 6) is -2.50. The van der Waals surface area contributed by atoms with Crippen LogP contribution in [0.2, 0.25) is 0 Å². The second kappa shape index (κ2) is 13.7. The van der Waals surface area contributed by atoms with E-state index >= 15 is 0 Å². The van der Waals surface area contributed by atoms with Crippen molar-refractivity contribution in [3.8, 4) is 11.1 Å². The standard InChI is InChI=1S/C30H32F2N2O5/c1-18(35)25-9-4-5-10-26(25)21-7-6-8-22(14-21)27(16-30(38)39-3)33-17-29(37)28(34-19(2)36)13-20-11-23(31)15-24(32)12-20/h4-12,14-15,27-29,33,37H,13,16-17H2,1-3H3,(H,34,36)/t27?,28-,29+/m0/s1. The van der Waals surface area contributed by atoms with Crippen LogP contribution in [0.4, 0.5) is 8.78 Å². The third-order valence-corrected chi connectivity index (χ3v) is 6.31. The molecule has 7 nitrogen and oxygen atoms in total. The summed E-state index contributed by atoms with van der Waals surface area (Å²) >= 11 is 0. The van der Waals surface area contributed by atoms with Gasteiger partial charge in [0.25, 0.3) is 0 Å². The summed E-state index contributed by atoms with van der Waals surface area (Å²) in [6.07, 6.45) is -1.24. The maximum atomic E-state index is 13.7. The Balaban J connectivity index is 1.84. The number of amides is 1. The molecule has 3 aromatic carbocycles. The van der Waals surface area contributed by atoms with Gasteiger partial charge in [-0.15, -0.1) is 0 Å². The van der Waals surface area contributed by atoms with Gasteiger partial charge < -0.3 is 20.5 Å². The van der Waals surface area contributed by atoms with Gasteiger partial charge in [0.05, 0.1) is 25.7 Å². The van der Waals surface area contributed by atoms with Crippen LogP contribution in [-0.4, -0.2) is 48.6 Å². The summed E-state index contributed by atoms with van der Waals surface area (Å²) in [7, 11) is 1.28. The Morgan fingerprint density at radius 3 is 2.28 bits per heavy atom. The second-order valence-corrected chi connectivity index (χ2v) is 9.32. The number of esters is 1. The van der Waals surface area contributed by atoms with E-state index in [4.69, 9.17) is 4.74 Å². The molecule has 3 aromatic rings. The third kappa shape index (κ3) is 8.53. The highest BCUT2D eigenvalue weighted by molar-refractivity contribution is 6.00. The van der Waals surface area contributed by atoms with Gasteiger partial charge in [-0.25, -0.2) is 8.78 Å². The monoisotopic (exact) mass is 538 g/mol. The molecule has 0 aromatic heterocycles. The van der Waals surface area contributed by atoms with Gasteiger partial charge in [-0.2, -0.15) is 0 Å². The average molecular weight is 539 g/mol. The first-order valence-corrected chi connectivity index (χ1v) is 12.5. The Hall–Kier alpha value is -3.95. The van der Waals surface area contributed by atoms with E-state index in [0.717, 1.165) is 29.3 Å². The van der Waals surface area contributed by atoms with E-state index < -0.39 is 41.7 Å². The Morgan fingerprint density at radius 2 is 1.64 bits per heavy atom. The summed E-state index contributed by atoms with van der Waals surface area (Å²) in [6, 6.07) is 16.1. The van der Waals surface area contributed by atoms with Crippen molar-refractivity contribution < 1.29 is 33.0 Å². The molecule has 0 heterocycles. The zero-order valence-electron chi connectivity index (χ0n) is 22.0. The van der Waals surface area contributed by atoms with Crippen LogP contribution in [-0.2, 0) is 20.7 Å². The molecule has 0 radical (unpaired) electrons. The molecule has 0 bridgehead atoms. The molecule has 1 unspecified atom stereocenters. The number of aliphatic hydroxyl groups is 1. The summed E-state index contributed by atoms with van der Waals surface area (Å²) in [5, 5.41) is 16.8.